The summed E-state index contributed by atoms with van der Waals surface area (Å²) in [6.07, 6.45) is 1.15. The van der Waals surface area contributed by atoms with Crippen molar-refractivity contribution in [1.29, 1.82) is 0 Å². The summed E-state index contributed by atoms with van der Waals surface area (Å²) in [7, 11) is -4.50. The van der Waals surface area contributed by atoms with Gasteiger partial charge in [0.2, 0.25) is 0 Å². The van der Waals surface area contributed by atoms with Crippen LogP contribution in [0.25, 0.3) is 0 Å². The largest absolute Gasteiger partial charge is 0.228 e. The van der Waals surface area contributed by atoms with Gasteiger partial charge in [0.15, 0.2) is 9.84 Å². The van der Waals surface area contributed by atoms with Crippen LogP contribution in [0.4, 0.5) is 0 Å². The predicted octanol–water partition coefficient (Wildman–Crippen LogP) is 2.08. The molecule has 2 aliphatic rings. The van der Waals surface area contributed by atoms with E-state index in [1.54, 1.807) is 0 Å². The number of rotatable bonds is 1. The SMILES string of the molecule is C[C@H]1[C@H]2C[C@H]2[C@@](C)([Si](C)(C)C)S1(=O)=O. The molecule has 1 saturated heterocycles. The van der Waals surface area contributed by atoms with Crippen LogP contribution in [0.2, 0.25) is 19.6 Å². The van der Waals surface area contributed by atoms with Gasteiger partial charge in [-0.25, -0.2) is 8.42 Å². The Balaban J connectivity index is 2.56. The lowest BCUT2D eigenvalue weighted by Gasteiger charge is -2.38. The van der Waals surface area contributed by atoms with Crippen LogP contribution in [-0.4, -0.2) is 26.1 Å². The molecule has 2 rings (SSSR count). The first-order valence-corrected chi connectivity index (χ1v) is 10.4. The van der Waals surface area contributed by atoms with E-state index >= 15 is 0 Å². The first-order valence-electron chi connectivity index (χ1n) is 5.37. The molecule has 0 N–H and O–H groups in total. The summed E-state index contributed by atoms with van der Waals surface area (Å²) in [5, 5.41) is -0.0794. The van der Waals surface area contributed by atoms with Gasteiger partial charge in [0, 0.05) is 0 Å². The molecule has 2 fully saturated rings. The first-order chi connectivity index (χ1) is 6.14. The number of hydrogen-bond donors (Lipinski definition) is 0. The van der Waals surface area contributed by atoms with Gasteiger partial charge in [0.25, 0.3) is 0 Å². The first kappa shape index (κ1) is 10.7. The Bertz CT molecular complexity index is 368. The Hall–Kier alpha value is 0.167. The molecule has 1 aliphatic carbocycles. The minimum absolute atomic E-state index is 0.0794. The average Bonchev–Trinajstić information content (AvgIpc) is 2.74. The molecule has 0 aromatic heterocycles. The van der Waals surface area contributed by atoms with Crippen molar-refractivity contribution in [2.24, 2.45) is 11.8 Å². The molecule has 82 valence electrons. The van der Waals surface area contributed by atoms with E-state index in [4.69, 9.17) is 0 Å². The third kappa shape index (κ3) is 0.940. The normalized spacial score (nSPS) is 50.2. The molecule has 1 saturated carbocycles. The van der Waals surface area contributed by atoms with Gasteiger partial charge in [-0.15, -0.1) is 0 Å². The number of sulfone groups is 1. The van der Waals surface area contributed by atoms with Crippen molar-refractivity contribution in [3.05, 3.63) is 0 Å². The van der Waals surface area contributed by atoms with Gasteiger partial charge in [-0.3, -0.25) is 0 Å². The summed E-state index contributed by atoms with van der Waals surface area (Å²) in [4.78, 5) is 0. The average molecular weight is 232 g/mol. The number of fused-ring (bicyclic) bond motifs is 1. The van der Waals surface area contributed by atoms with Crippen LogP contribution in [0.3, 0.4) is 0 Å². The van der Waals surface area contributed by atoms with Crippen molar-refractivity contribution in [3.8, 4) is 0 Å². The Morgan fingerprint density at radius 3 is 2.00 bits per heavy atom. The maximum Gasteiger partial charge on any atom is 0.156 e. The Kier molecular flexibility index (Phi) is 1.87. The van der Waals surface area contributed by atoms with E-state index in [1.165, 1.54) is 0 Å². The Morgan fingerprint density at radius 2 is 1.79 bits per heavy atom. The lowest BCUT2D eigenvalue weighted by Crippen LogP contribution is -2.56. The fraction of sp³-hybridized carbons (Fsp3) is 1.00. The van der Waals surface area contributed by atoms with Crippen LogP contribution in [0.1, 0.15) is 20.3 Å². The zero-order valence-electron chi connectivity index (χ0n) is 9.66. The molecule has 1 aliphatic heterocycles. The van der Waals surface area contributed by atoms with Crippen LogP contribution in [0.5, 0.6) is 0 Å². The Labute approximate surface area is 88.0 Å². The lowest BCUT2D eigenvalue weighted by atomic mass is 10.2. The number of hydrogen-bond acceptors (Lipinski definition) is 2. The fourth-order valence-corrected chi connectivity index (χ4v) is 10.8. The predicted molar refractivity (Wildman–Crippen MR) is 61.7 cm³/mol. The van der Waals surface area contributed by atoms with Gasteiger partial charge in [-0.2, -0.15) is 0 Å². The molecule has 0 aromatic rings. The van der Waals surface area contributed by atoms with E-state index in [0.717, 1.165) is 6.42 Å². The highest BCUT2D eigenvalue weighted by atomic mass is 32.2. The summed E-state index contributed by atoms with van der Waals surface area (Å²) >= 11 is 0. The highest BCUT2D eigenvalue weighted by Gasteiger charge is 2.72. The molecule has 0 bridgehead atoms. The standard InChI is InChI=1S/C10H20O2SSi/c1-7-8-6-9(8)10(2,13(7,11)12)14(3,4)5/h7-9H,6H2,1-5H3/t7-,8+,9+,10+/m0/s1. The van der Waals surface area contributed by atoms with Crippen LogP contribution in [-0.2, 0) is 9.84 Å². The second kappa shape index (κ2) is 2.46. The summed E-state index contributed by atoms with van der Waals surface area (Å²) in [6, 6.07) is 0. The molecule has 14 heavy (non-hydrogen) atoms. The van der Waals surface area contributed by atoms with Crippen molar-refractivity contribution < 1.29 is 8.42 Å². The van der Waals surface area contributed by atoms with Crippen LogP contribution in [0.15, 0.2) is 0 Å². The van der Waals surface area contributed by atoms with Gasteiger partial charge in [0.1, 0.15) is 0 Å². The molecule has 0 spiro atoms. The minimum Gasteiger partial charge on any atom is -0.228 e. The lowest BCUT2D eigenvalue weighted by molar-refractivity contribution is 0.564. The maximum atomic E-state index is 12.3. The van der Waals surface area contributed by atoms with E-state index < -0.39 is 17.9 Å². The summed E-state index contributed by atoms with van der Waals surface area (Å²) in [5.74, 6) is 0.964. The van der Waals surface area contributed by atoms with E-state index in [0.29, 0.717) is 11.8 Å². The van der Waals surface area contributed by atoms with Gasteiger partial charge in [-0.05, 0) is 32.1 Å². The van der Waals surface area contributed by atoms with Crippen LogP contribution < -0.4 is 0 Å². The van der Waals surface area contributed by atoms with Crippen molar-refractivity contribution >= 4 is 17.9 Å². The molecular formula is C10H20O2SSi. The molecule has 0 unspecified atom stereocenters. The smallest absolute Gasteiger partial charge is 0.156 e. The minimum atomic E-state index is -2.86. The third-order valence-electron chi connectivity index (χ3n) is 4.72. The fourth-order valence-electron chi connectivity index (χ4n) is 3.18. The van der Waals surface area contributed by atoms with Gasteiger partial charge < -0.3 is 0 Å². The quantitative estimate of drug-likeness (QED) is 0.649. The molecular weight excluding hydrogens is 212 g/mol. The summed E-state index contributed by atoms with van der Waals surface area (Å²) < 4.78 is 24.3. The molecule has 2 nitrogen and oxygen atoms in total. The zero-order valence-corrected chi connectivity index (χ0v) is 11.5. The second-order valence-corrected chi connectivity index (χ2v) is 14.7. The topological polar surface area (TPSA) is 34.1 Å². The van der Waals surface area contributed by atoms with Gasteiger partial charge in [-0.1, -0.05) is 19.6 Å². The van der Waals surface area contributed by atoms with Crippen molar-refractivity contribution in [3.63, 3.8) is 0 Å². The molecule has 4 atom stereocenters. The van der Waals surface area contributed by atoms with E-state index in [2.05, 4.69) is 19.6 Å². The molecule has 0 amide bonds. The van der Waals surface area contributed by atoms with E-state index in [9.17, 15) is 8.42 Å². The van der Waals surface area contributed by atoms with Crippen molar-refractivity contribution in [2.75, 3.05) is 0 Å². The highest BCUT2D eigenvalue weighted by molar-refractivity contribution is 7.95. The second-order valence-electron chi connectivity index (χ2n) is 6.11. The van der Waals surface area contributed by atoms with Crippen molar-refractivity contribution in [1.82, 2.24) is 0 Å². The summed E-state index contributed by atoms with van der Waals surface area (Å²) in [5.41, 5.74) is 0. The van der Waals surface area contributed by atoms with Crippen LogP contribution >= 0.6 is 0 Å². The van der Waals surface area contributed by atoms with Crippen molar-refractivity contribution in [2.45, 2.75) is 49.5 Å². The molecule has 0 aromatic carbocycles. The zero-order chi connectivity index (χ0) is 10.9. The molecule has 1 heterocycles. The van der Waals surface area contributed by atoms with Gasteiger partial charge >= 0.3 is 0 Å². The molecule has 4 heteroatoms. The van der Waals surface area contributed by atoms with Gasteiger partial charge in [0.05, 0.1) is 17.7 Å². The van der Waals surface area contributed by atoms with E-state index in [1.807, 2.05) is 13.8 Å². The monoisotopic (exact) mass is 232 g/mol. The van der Waals surface area contributed by atoms with Crippen LogP contribution in [0, 0.1) is 11.8 Å². The molecule has 0 radical (unpaired) electrons. The Morgan fingerprint density at radius 1 is 1.29 bits per heavy atom. The maximum absolute atomic E-state index is 12.3. The summed E-state index contributed by atoms with van der Waals surface area (Å²) in [6.45, 7) is 10.5. The highest BCUT2D eigenvalue weighted by Crippen LogP contribution is 2.63. The third-order valence-corrected chi connectivity index (χ3v) is 13.6. The van der Waals surface area contributed by atoms with E-state index in [-0.39, 0.29) is 9.62 Å².